The van der Waals surface area contributed by atoms with Crippen molar-refractivity contribution in [2.24, 2.45) is 0 Å². The number of sulfonamides is 1. The van der Waals surface area contributed by atoms with Crippen LogP contribution in [0.25, 0.3) is 0 Å². The normalized spacial score (nSPS) is 16.0. The second-order valence-electron chi connectivity index (χ2n) is 6.69. The van der Waals surface area contributed by atoms with Gasteiger partial charge < -0.3 is 9.84 Å². The molecule has 1 saturated heterocycles. The van der Waals surface area contributed by atoms with E-state index in [1.165, 1.54) is 12.1 Å². The number of carbonyl (C=O) groups is 1. The molecule has 1 fully saturated rings. The zero-order chi connectivity index (χ0) is 20.0. The smallest absolute Gasteiger partial charge is 0.322 e. The van der Waals surface area contributed by atoms with Gasteiger partial charge in [0, 0.05) is 6.54 Å². The zero-order valence-corrected chi connectivity index (χ0v) is 16.3. The first-order valence-electron chi connectivity index (χ1n) is 9.19. The quantitative estimate of drug-likeness (QED) is 0.664. The van der Waals surface area contributed by atoms with E-state index in [4.69, 9.17) is 4.74 Å². The third-order valence-corrected chi connectivity index (χ3v) is 6.16. The third kappa shape index (κ3) is 5.31. The molecule has 3 rings (SSSR count). The average Bonchev–Trinajstić information content (AvgIpc) is 3.22. The van der Waals surface area contributed by atoms with Crippen LogP contribution in [0.15, 0.2) is 59.5 Å². The molecule has 1 heterocycles. The Morgan fingerprint density at radius 2 is 1.71 bits per heavy atom. The van der Waals surface area contributed by atoms with E-state index < -0.39 is 22.0 Å². The first-order chi connectivity index (χ1) is 13.5. The number of benzene rings is 2. The van der Waals surface area contributed by atoms with Crippen molar-refractivity contribution >= 4 is 16.0 Å². The average molecular weight is 404 g/mol. The van der Waals surface area contributed by atoms with Crippen LogP contribution in [0, 0.1) is 0 Å². The lowest BCUT2D eigenvalue weighted by molar-refractivity contribution is -0.142. The van der Waals surface area contributed by atoms with E-state index in [1.807, 2.05) is 30.3 Å². The lowest BCUT2D eigenvalue weighted by atomic mass is 10.2. The summed E-state index contributed by atoms with van der Waals surface area (Å²) < 4.78 is 33.1. The summed E-state index contributed by atoms with van der Waals surface area (Å²) in [6.07, 6.45) is 1.86. The van der Waals surface area contributed by atoms with Gasteiger partial charge in [-0.3, -0.25) is 9.69 Å². The van der Waals surface area contributed by atoms with Crippen molar-refractivity contribution < 1.29 is 23.1 Å². The lowest BCUT2D eigenvalue weighted by Gasteiger charge is -2.23. The highest BCUT2D eigenvalue weighted by Gasteiger charge is 2.29. The van der Waals surface area contributed by atoms with Gasteiger partial charge in [0.2, 0.25) is 10.0 Å². The van der Waals surface area contributed by atoms with Crippen LogP contribution in [0.4, 0.5) is 0 Å². The summed E-state index contributed by atoms with van der Waals surface area (Å²) in [6.45, 7) is 1.57. The number of hydrogen-bond acceptors (Lipinski definition) is 5. The topological polar surface area (TPSA) is 95.9 Å². The van der Waals surface area contributed by atoms with Crippen LogP contribution in [0.2, 0.25) is 0 Å². The van der Waals surface area contributed by atoms with Gasteiger partial charge >= 0.3 is 5.97 Å². The number of likely N-dealkylation sites (tertiary alicyclic amines) is 1. The summed E-state index contributed by atoms with van der Waals surface area (Å²) in [5.41, 5.74) is 1.02. The van der Waals surface area contributed by atoms with E-state index in [9.17, 15) is 18.3 Å². The monoisotopic (exact) mass is 404 g/mol. The van der Waals surface area contributed by atoms with Crippen molar-refractivity contribution in [1.82, 2.24) is 9.62 Å². The fourth-order valence-corrected chi connectivity index (χ4v) is 4.19. The Labute approximate surface area is 165 Å². The maximum absolute atomic E-state index is 12.5. The Kier molecular flexibility index (Phi) is 6.66. The number of rotatable bonds is 9. The number of nitrogens with one attached hydrogen (secondary N) is 1. The van der Waals surface area contributed by atoms with Crippen molar-refractivity contribution in [3.63, 3.8) is 0 Å². The predicted octanol–water partition coefficient (Wildman–Crippen LogP) is 2.09. The summed E-state index contributed by atoms with van der Waals surface area (Å²) >= 11 is 0. The van der Waals surface area contributed by atoms with Crippen LogP contribution >= 0.6 is 0 Å². The highest BCUT2D eigenvalue weighted by molar-refractivity contribution is 7.89. The summed E-state index contributed by atoms with van der Waals surface area (Å²) in [4.78, 5) is 13.4. The van der Waals surface area contributed by atoms with E-state index in [0.29, 0.717) is 25.4 Å². The van der Waals surface area contributed by atoms with Crippen molar-refractivity contribution in [2.75, 3.05) is 19.6 Å². The molecule has 0 saturated carbocycles. The molecule has 0 radical (unpaired) electrons. The fraction of sp³-hybridized carbons (Fsp3) is 0.350. The standard InChI is InChI=1S/C20H24N2O5S/c23-20(24)19(22-12-4-5-13-22)14-21-28(25,26)18-10-8-17(9-11-18)27-15-16-6-2-1-3-7-16/h1-3,6-11,19,21H,4-5,12-15H2,(H,23,24). The third-order valence-electron chi connectivity index (χ3n) is 4.72. The van der Waals surface area contributed by atoms with Crippen LogP contribution in [-0.2, 0) is 21.4 Å². The number of hydrogen-bond donors (Lipinski definition) is 2. The molecule has 0 amide bonds. The molecule has 0 bridgehead atoms. The largest absolute Gasteiger partial charge is 0.489 e. The van der Waals surface area contributed by atoms with Gasteiger partial charge in [-0.25, -0.2) is 13.1 Å². The molecule has 1 unspecified atom stereocenters. The zero-order valence-electron chi connectivity index (χ0n) is 15.5. The van der Waals surface area contributed by atoms with Crippen molar-refractivity contribution in [3.8, 4) is 5.75 Å². The second kappa shape index (κ2) is 9.18. The molecule has 2 aromatic rings. The minimum absolute atomic E-state index is 0.0742. The lowest BCUT2D eigenvalue weighted by Crippen LogP contribution is -2.47. The van der Waals surface area contributed by atoms with Crippen LogP contribution < -0.4 is 9.46 Å². The Bertz CT molecular complexity index is 879. The maximum atomic E-state index is 12.5. The van der Waals surface area contributed by atoms with E-state index in [2.05, 4.69) is 4.72 Å². The number of aliphatic carboxylic acids is 1. The molecule has 2 aromatic carbocycles. The van der Waals surface area contributed by atoms with E-state index in [1.54, 1.807) is 17.0 Å². The molecule has 150 valence electrons. The highest BCUT2D eigenvalue weighted by Crippen LogP contribution is 2.18. The van der Waals surface area contributed by atoms with Crippen molar-refractivity contribution in [2.45, 2.75) is 30.4 Å². The SMILES string of the molecule is O=C(O)C(CNS(=O)(=O)c1ccc(OCc2ccccc2)cc1)N1CCCC1. The maximum Gasteiger partial charge on any atom is 0.322 e. The summed E-state index contributed by atoms with van der Waals surface area (Å²) in [7, 11) is -3.80. The van der Waals surface area contributed by atoms with Gasteiger partial charge in [-0.2, -0.15) is 0 Å². The number of ether oxygens (including phenoxy) is 1. The molecule has 1 atom stereocenters. The summed E-state index contributed by atoms with van der Waals surface area (Å²) in [6, 6.07) is 14.9. The Morgan fingerprint density at radius 3 is 2.32 bits per heavy atom. The van der Waals surface area contributed by atoms with Gasteiger partial charge in [0.15, 0.2) is 0 Å². The molecule has 0 spiro atoms. The van der Waals surface area contributed by atoms with Gasteiger partial charge in [0.05, 0.1) is 4.90 Å². The molecule has 8 heteroatoms. The van der Waals surface area contributed by atoms with Crippen LogP contribution in [-0.4, -0.2) is 50.1 Å². The number of carboxylic acid groups (broad SMARTS) is 1. The molecule has 0 aliphatic carbocycles. The van der Waals surface area contributed by atoms with Gasteiger partial charge in [0.1, 0.15) is 18.4 Å². The summed E-state index contributed by atoms with van der Waals surface area (Å²) in [5, 5.41) is 9.40. The molecule has 1 aliphatic rings. The first kappa shape index (κ1) is 20.3. The Balaban J connectivity index is 1.59. The van der Waals surface area contributed by atoms with Gasteiger partial charge in [-0.1, -0.05) is 30.3 Å². The fourth-order valence-electron chi connectivity index (χ4n) is 3.15. The molecule has 0 aromatic heterocycles. The van der Waals surface area contributed by atoms with Crippen LogP contribution in [0.5, 0.6) is 5.75 Å². The van der Waals surface area contributed by atoms with Gasteiger partial charge in [-0.05, 0) is 55.8 Å². The Morgan fingerprint density at radius 1 is 1.07 bits per heavy atom. The molecule has 1 aliphatic heterocycles. The Hall–Kier alpha value is -2.42. The van der Waals surface area contributed by atoms with Crippen molar-refractivity contribution in [1.29, 1.82) is 0 Å². The minimum Gasteiger partial charge on any atom is -0.489 e. The van der Waals surface area contributed by atoms with Crippen LogP contribution in [0.1, 0.15) is 18.4 Å². The first-order valence-corrected chi connectivity index (χ1v) is 10.7. The number of nitrogens with zero attached hydrogens (tertiary/aromatic N) is 1. The molecular weight excluding hydrogens is 380 g/mol. The second-order valence-corrected chi connectivity index (χ2v) is 8.46. The minimum atomic E-state index is -3.80. The molecule has 7 nitrogen and oxygen atoms in total. The van der Waals surface area contributed by atoms with Gasteiger partial charge in [0.25, 0.3) is 0 Å². The summed E-state index contributed by atoms with van der Waals surface area (Å²) in [5.74, 6) is -0.461. The highest BCUT2D eigenvalue weighted by atomic mass is 32.2. The molecular formula is C20H24N2O5S. The van der Waals surface area contributed by atoms with E-state index >= 15 is 0 Å². The van der Waals surface area contributed by atoms with Gasteiger partial charge in [-0.15, -0.1) is 0 Å². The predicted molar refractivity (Wildman–Crippen MR) is 105 cm³/mol. The van der Waals surface area contributed by atoms with Crippen molar-refractivity contribution in [3.05, 3.63) is 60.2 Å². The van der Waals surface area contributed by atoms with E-state index in [0.717, 1.165) is 18.4 Å². The van der Waals surface area contributed by atoms with E-state index in [-0.39, 0.29) is 11.4 Å². The van der Waals surface area contributed by atoms with Crippen LogP contribution in [0.3, 0.4) is 0 Å². The molecule has 2 N–H and O–H groups in total. The molecule has 28 heavy (non-hydrogen) atoms. The number of carboxylic acids is 1.